The molecule has 164 valence electrons. The molecule has 1 atom stereocenters. The highest BCUT2D eigenvalue weighted by molar-refractivity contribution is 5.81. The van der Waals surface area contributed by atoms with Gasteiger partial charge in [-0.15, -0.1) is 0 Å². The second kappa shape index (κ2) is 8.88. The molecule has 1 saturated heterocycles. The highest BCUT2D eigenvalue weighted by Gasteiger charge is 2.31. The average molecular weight is 424 g/mol. The minimum atomic E-state index is -0.127. The Morgan fingerprint density at radius 1 is 1.03 bits per heavy atom. The van der Waals surface area contributed by atoms with Crippen molar-refractivity contribution in [2.45, 2.75) is 45.3 Å². The SMILES string of the molecule is CCCn1c(=O)n(CC(=O)N2CCC[C@@H]2c2ccc(OC)c(OC)c2)c2ccccc21. The van der Waals surface area contributed by atoms with Gasteiger partial charge in [-0.3, -0.25) is 13.9 Å². The van der Waals surface area contributed by atoms with Gasteiger partial charge in [-0.25, -0.2) is 4.79 Å². The maximum absolute atomic E-state index is 13.3. The lowest BCUT2D eigenvalue weighted by Gasteiger charge is -2.26. The Labute approximate surface area is 181 Å². The van der Waals surface area contributed by atoms with E-state index in [1.165, 1.54) is 0 Å². The van der Waals surface area contributed by atoms with E-state index >= 15 is 0 Å². The summed E-state index contributed by atoms with van der Waals surface area (Å²) in [5.74, 6) is 1.27. The number of aromatic nitrogens is 2. The second-order valence-corrected chi connectivity index (χ2v) is 7.87. The van der Waals surface area contributed by atoms with Crippen molar-refractivity contribution in [1.29, 1.82) is 0 Å². The number of amides is 1. The van der Waals surface area contributed by atoms with Crippen LogP contribution in [0.5, 0.6) is 11.5 Å². The third-order valence-corrected chi connectivity index (χ3v) is 6.03. The lowest BCUT2D eigenvalue weighted by atomic mass is 10.0. The van der Waals surface area contributed by atoms with Gasteiger partial charge in [-0.2, -0.15) is 0 Å². The monoisotopic (exact) mass is 423 g/mol. The van der Waals surface area contributed by atoms with E-state index in [1.807, 2.05) is 54.3 Å². The molecule has 3 aromatic rings. The first-order valence-electron chi connectivity index (χ1n) is 10.8. The van der Waals surface area contributed by atoms with Crippen LogP contribution in [0, 0.1) is 0 Å². The van der Waals surface area contributed by atoms with Crippen LogP contribution in [0.25, 0.3) is 11.0 Å². The maximum Gasteiger partial charge on any atom is 0.329 e. The van der Waals surface area contributed by atoms with Crippen molar-refractivity contribution in [3.8, 4) is 11.5 Å². The highest BCUT2D eigenvalue weighted by atomic mass is 16.5. The summed E-state index contributed by atoms with van der Waals surface area (Å²) in [5, 5.41) is 0. The topological polar surface area (TPSA) is 65.7 Å². The largest absolute Gasteiger partial charge is 0.493 e. The van der Waals surface area contributed by atoms with Crippen LogP contribution in [-0.4, -0.2) is 40.7 Å². The number of benzene rings is 2. The molecule has 2 aromatic carbocycles. The zero-order valence-corrected chi connectivity index (χ0v) is 18.3. The first-order chi connectivity index (χ1) is 15.1. The van der Waals surface area contributed by atoms with Crippen molar-refractivity contribution in [2.24, 2.45) is 0 Å². The van der Waals surface area contributed by atoms with Gasteiger partial charge in [-0.1, -0.05) is 25.1 Å². The van der Waals surface area contributed by atoms with Crippen LogP contribution in [0.2, 0.25) is 0 Å². The van der Waals surface area contributed by atoms with E-state index in [1.54, 1.807) is 23.4 Å². The number of fused-ring (bicyclic) bond motifs is 1. The molecule has 31 heavy (non-hydrogen) atoms. The van der Waals surface area contributed by atoms with Crippen LogP contribution in [0.3, 0.4) is 0 Å². The molecule has 0 bridgehead atoms. The van der Waals surface area contributed by atoms with Gasteiger partial charge in [0, 0.05) is 13.1 Å². The number of rotatable bonds is 7. The number of carbonyl (C=O) groups excluding carboxylic acids is 1. The quantitative estimate of drug-likeness (QED) is 0.583. The predicted octanol–water partition coefficient (Wildman–Crippen LogP) is 3.59. The van der Waals surface area contributed by atoms with Crippen LogP contribution < -0.4 is 15.2 Å². The molecule has 2 heterocycles. The number of hydrogen-bond donors (Lipinski definition) is 0. The summed E-state index contributed by atoms with van der Waals surface area (Å²) in [7, 11) is 3.22. The normalized spacial score (nSPS) is 16.1. The summed E-state index contributed by atoms with van der Waals surface area (Å²) in [4.78, 5) is 28.3. The van der Waals surface area contributed by atoms with Crippen molar-refractivity contribution in [1.82, 2.24) is 14.0 Å². The van der Waals surface area contributed by atoms with E-state index in [9.17, 15) is 9.59 Å². The van der Waals surface area contributed by atoms with E-state index in [0.29, 0.717) is 24.6 Å². The van der Waals surface area contributed by atoms with Crippen molar-refractivity contribution in [3.63, 3.8) is 0 Å². The fourth-order valence-corrected chi connectivity index (χ4v) is 4.56. The van der Waals surface area contributed by atoms with Crippen LogP contribution in [0.4, 0.5) is 0 Å². The van der Waals surface area contributed by atoms with Gasteiger partial charge < -0.3 is 14.4 Å². The van der Waals surface area contributed by atoms with Crippen molar-refractivity contribution < 1.29 is 14.3 Å². The zero-order chi connectivity index (χ0) is 22.0. The number of likely N-dealkylation sites (tertiary alicyclic amines) is 1. The van der Waals surface area contributed by atoms with Gasteiger partial charge in [0.1, 0.15) is 6.54 Å². The van der Waals surface area contributed by atoms with Gasteiger partial charge in [-0.05, 0) is 49.1 Å². The summed E-state index contributed by atoms with van der Waals surface area (Å²) < 4.78 is 14.1. The standard InChI is InChI=1S/C24H29N3O4/c1-4-13-26-19-8-5-6-9-20(19)27(24(26)29)16-23(28)25-14-7-10-18(25)17-11-12-21(30-2)22(15-17)31-3/h5-6,8-9,11-12,15,18H,4,7,10,13-14,16H2,1-3H3/t18-/m1/s1. The third-order valence-electron chi connectivity index (χ3n) is 6.03. The lowest BCUT2D eigenvalue weighted by Crippen LogP contribution is -2.36. The Hall–Kier alpha value is -3.22. The first kappa shape index (κ1) is 21.0. The maximum atomic E-state index is 13.3. The number of ether oxygens (including phenoxy) is 2. The molecule has 1 fully saturated rings. The van der Waals surface area contributed by atoms with Gasteiger partial charge in [0.05, 0.1) is 31.3 Å². The molecule has 0 saturated carbocycles. The van der Waals surface area contributed by atoms with Crippen LogP contribution in [0.15, 0.2) is 47.3 Å². The number of methoxy groups -OCH3 is 2. The molecule has 1 aromatic heterocycles. The van der Waals surface area contributed by atoms with Gasteiger partial charge in [0.15, 0.2) is 11.5 Å². The molecular weight excluding hydrogens is 394 g/mol. The van der Waals surface area contributed by atoms with Gasteiger partial charge in [0.25, 0.3) is 0 Å². The smallest absolute Gasteiger partial charge is 0.329 e. The molecule has 1 aliphatic heterocycles. The van der Waals surface area contributed by atoms with Crippen LogP contribution in [-0.2, 0) is 17.9 Å². The van der Waals surface area contributed by atoms with E-state index in [4.69, 9.17) is 9.47 Å². The van der Waals surface area contributed by atoms with Gasteiger partial charge >= 0.3 is 5.69 Å². The number of nitrogens with zero attached hydrogens (tertiary/aromatic N) is 3. The molecule has 1 amide bonds. The fraction of sp³-hybridized carbons (Fsp3) is 0.417. The number of imidazole rings is 1. The molecule has 7 heteroatoms. The van der Waals surface area contributed by atoms with E-state index in [2.05, 4.69) is 0 Å². The summed E-state index contributed by atoms with van der Waals surface area (Å²) in [6.45, 7) is 3.40. The molecule has 0 unspecified atom stereocenters. The summed E-state index contributed by atoms with van der Waals surface area (Å²) >= 11 is 0. The van der Waals surface area contributed by atoms with Crippen molar-refractivity contribution in [3.05, 3.63) is 58.5 Å². The highest BCUT2D eigenvalue weighted by Crippen LogP contribution is 2.37. The lowest BCUT2D eigenvalue weighted by molar-refractivity contribution is -0.132. The number of aryl methyl sites for hydroxylation is 1. The minimum absolute atomic E-state index is 0.0352. The summed E-state index contributed by atoms with van der Waals surface area (Å²) in [6.07, 6.45) is 2.67. The Kier molecular flexibility index (Phi) is 6.02. The van der Waals surface area contributed by atoms with Crippen molar-refractivity contribution >= 4 is 16.9 Å². The fourth-order valence-electron chi connectivity index (χ4n) is 4.56. The molecule has 0 spiro atoms. The Morgan fingerprint density at radius 2 is 1.74 bits per heavy atom. The van der Waals surface area contributed by atoms with E-state index < -0.39 is 0 Å². The third kappa shape index (κ3) is 3.80. The second-order valence-electron chi connectivity index (χ2n) is 7.87. The minimum Gasteiger partial charge on any atom is -0.493 e. The molecule has 1 aliphatic rings. The summed E-state index contributed by atoms with van der Waals surface area (Å²) in [5.41, 5.74) is 2.57. The number of hydrogen-bond acceptors (Lipinski definition) is 4. The van der Waals surface area contributed by atoms with Crippen LogP contribution >= 0.6 is 0 Å². The molecule has 4 rings (SSSR count). The Balaban J connectivity index is 1.63. The molecule has 0 radical (unpaired) electrons. The Morgan fingerprint density at radius 3 is 2.42 bits per heavy atom. The Bertz CT molecular complexity index is 1150. The number of carbonyl (C=O) groups is 1. The molecule has 7 nitrogen and oxygen atoms in total. The first-order valence-corrected chi connectivity index (χ1v) is 10.8. The number of para-hydroxylation sites is 2. The van der Waals surface area contributed by atoms with Crippen molar-refractivity contribution in [2.75, 3.05) is 20.8 Å². The average Bonchev–Trinajstić information content (AvgIpc) is 3.38. The molecule has 0 N–H and O–H groups in total. The van der Waals surface area contributed by atoms with E-state index in [0.717, 1.165) is 35.9 Å². The molecular formula is C24H29N3O4. The van der Waals surface area contributed by atoms with Crippen LogP contribution in [0.1, 0.15) is 37.8 Å². The predicted molar refractivity (Wildman–Crippen MR) is 120 cm³/mol. The summed E-state index contributed by atoms with van der Waals surface area (Å²) in [6, 6.07) is 13.4. The molecule has 0 aliphatic carbocycles. The zero-order valence-electron chi connectivity index (χ0n) is 18.3. The van der Waals surface area contributed by atoms with E-state index in [-0.39, 0.29) is 24.2 Å². The van der Waals surface area contributed by atoms with Gasteiger partial charge in [0.2, 0.25) is 5.91 Å².